The molecule has 0 fully saturated rings. The summed E-state index contributed by atoms with van der Waals surface area (Å²) in [6.07, 6.45) is 3.68. The van der Waals surface area contributed by atoms with Gasteiger partial charge in [0.15, 0.2) is 0 Å². The Bertz CT molecular complexity index is 907. The monoisotopic (exact) mass is 259 g/mol. The van der Waals surface area contributed by atoms with E-state index in [4.69, 9.17) is 0 Å². The van der Waals surface area contributed by atoms with E-state index in [1.165, 1.54) is 11.1 Å². The minimum absolute atomic E-state index is 0.953. The number of hydrogen-bond acceptors (Lipinski definition) is 2. The maximum absolute atomic E-state index is 4.51. The van der Waals surface area contributed by atoms with Crippen molar-refractivity contribution in [1.29, 1.82) is 0 Å². The van der Waals surface area contributed by atoms with Crippen LogP contribution < -0.4 is 0 Å². The smallest absolute Gasteiger partial charge is 0.146 e. The second-order valence-corrected chi connectivity index (χ2v) is 4.90. The van der Waals surface area contributed by atoms with Crippen LogP contribution in [0.15, 0.2) is 61.1 Å². The van der Waals surface area contributed by atoms with Crippen LogP contribution in [0.5, 0.6) is 0 Å². The van der Waals surface area contributed by atoms with Gasteiger partial charge in [0, 0.05) is 22.8 Å². The first-order valence-electron chi connectivity index (χ1n) is 6.61. The summed E-state index contributed by atoms with van der Waals surface area (Å²) in [6, 6.07) is 16.7. The zero-order chi connectivity index (χ0) is 13.5. The van der Waals surface area contributed by atoms with Crippen LogP contribution in [0.2, 0.25) is 0 Å². The lowest BCUT2D eigenvalue weighted by molar-refractivity contribution is 1.06. The summed E-state index contributed by atoms with van der Waals surface area (Å²) in [4.78, 5) is 8.90. The Hall–Kier alpha value is -2.68. The first-order valence-corrected chi connectivity index (χ1v) is 6.61. The summed E-state index contributed by atoms with van der Waals surface area (Å²) in [7, 11) is 0. The molecule has 20 heavy (non-hydrogen) atoms. The molecule has 0 atom stereocenters. The van der Waals surface area contributed by atoms with Crippen molar-refractivity contribution in [2.24, 2.45) is 0 Å². The van der Waals surface area contributed by atoms with Crippen molar-refractivity contribution in [1.82, 2.24) is 14.4 Å². The Morgan fingerprint density at radius 3 is 2.65 bits per heavy atom. The predicted octanol–water partition coefficient (Wildman–Crippen LogP) is 3.86. The van der Waals surface area contributed by atoms with Gasteiger partial charge in [0.25, 0.3) is 0 Å². The van der Waals surface area contributed by atoms with Crippen molar-refractivity contribution in [3.63, 3.8) is 0 Å². The first kappa shape index (κ1) is 11.2. The molecule has 4 aromatic rings. The number of nitrogens with zero attached hydrogens (tertiary/aromatic N) is 3. The number of pyridine rings is 1. The number of fused-ring (bicyclic) bond motifs is 3. The van der Waals surface area contributed by atoms with Gasteiger partial charge in [-0.15, -0.1) is 0 Å². The van der Waals surface area contributed by atoms with Crippen LogP contribution in [0.1, 0.15) is 5.69 Å². The predicted molar refractivity (Wildman–Crippen MR) is 80.7 cm³/mol. The molecule has 0 N–H and O–H groups in total. The van der Waals surface area contributed by atoms with Crippen molar-refractivity contribution >= 4 is 16.6 Å². The van der Waals surface area contributed by atoms with Gasteiger partial charge in [-0.05, 0) is 30.7 Å². The summed E-state index contributed by atoms with van der Waals surface area (Å²) < 4.78 is 2.06. The lowest BCUT2D eigenvalue weighted by Gasteiger charge is -2.01. The molecule has 3 aromatic heterocycles. The van der Waals surface area contributed by atoms with Crippen LogP contribution in [0.3, 0.4) is 0 Å². The zero-order valence-corrected chi connectivity index (χ0v) is 11.1. The van der Waals surface area contributed by atoms with Crippen molar-refractivity contribution in [3.8, 4) is 11.1 Å². The van der Waals surface area contributed by atoms with Gasteiger partial charge in [-0.25, -0.2) is 9.97 Å². The highest BCUT2D eigenvalue weighted by Gasteiger charge is 2.14. The van der Waals surface area contributed by atoms with Crippen LogP contribution in [0.25, 0.3) is 27.7 Å². The molecule has 0 spiro atoms. The summed E-state index contributed by atoms with van der Waals surface area (Å²) >= 11 is 0. The molecule has 4 rings (SSSR count). The lowest BCUT2D eigenvalue weighted by atomic mass is 10.0. The summed E-state index contributed by atoms with van der Waals surface area (Å²) in [5, 5.41) is 1.16. The number of aromatic nitrogens is 3. The average Bonchev–Trinajstić information content (AvgIpc) is 2.81. The molecule has 0 aliphatic heterocycles. The topological polar surface area (TPSA) is 30.2 Å². The van der Waals surface area contributed by atoms with Crippen molar-refractivity contribution in [2.45, 2.75) is 6.92 Å². The van der Waals surface area contributed by atoms with E-state index in [0.717, 1.165) is 22.2 Å². The highest BCUT2D eigenvalue weighted by molar-refractivity contribution is 6.04. The Morgan fingerprint density at radius 2 is 1.80 bits per heavy atom. The van der Waals surface area contributed by atoms with E-state index in [1.54, 1.807) is 0 Å². The Labute approximate surface area is 116 Å². The zero-order valence-electron chi connectivity index (χ0n) is 11.1. The Balaban J connectivity index is 2.23. The molecular formula is C17H13N3. The van der Waals surface area contributed by atoms with E-state index in [1.807, 2.05) is 31.6 Å². The number of aryl methyl sites for hydroxylation is 1. The molecule has 0 amide bonds. The lowest BCUT2D eigenvalue weighted by Crippen LogP contribution is -1.90. The third-order valence-electron chi connectivity index (χ3n) is 3.58. The molecule has 1 aromatic carbocycles. The van der Waals surface area contributed by atoms with Crippen molar-refractivity contribution < 1.29 is 0 Å². The van der Waals surface area contributed by atoms with E-state index < -0.39 is 0 Å². The Morgan fingerprint density at radius 1 is 0.950 bits per heavy atom. The molecule has 0 aliphatic carbocycles. The maximum Gasteiger partial charge on any atom is 0.146 e. The highest BCUT2D eigenvalue weighted by Crippen LogP contribution is 2.34. The fraction of sp³-hybridized carbons (Fsp3) is 0.0588. The fourth-order valence-corrected chi connectivity index (χ4v) is 2.71. The standard InChI is InChI=1S/C17H13N3/c1-12-10-15-16(13-6-3-2-4-7-13)14-8-5-9-18-17(14)20(15)11-19-12/h2-11H,1H3. The van der Waals surface area contributed by atoms with Gasteiger partial charge in [-0.1, -0.05) is 30.3 Å². The average molecular weight is 259 g/mol. The minimum atomic E-state index is 0.953. The summed E-state index contributed by atoms with van der Waals surface area (Å²) in [6.45, 7) is 2.01. The SMILES string of the molecule is Cc1cc2c(-c3ccccc3)c3cccnc3n2cn1. The molecule has 3 heteroatoms. The normalized spacial score (nSPS) is 11.2. The molecule has 0 radical (unpaired) electrons. The second kappa shape index (κ2) is 4.17. The van der Waals surface area contributed by atoms with Gasteiger partial charge in [0.2, 0.25) is 0 Å². The van der Waals surface area contributed by atoms with Crippen LogP contribution in [0, 0.1) is 6.92 Å². The second-order valence-electron chi connectivity index (χ2n) is 4.90. The number of hydrogen-bond donors (Lipinski definition) is 0. The summed E-state index contributed by atoms with van der Waals surface area (Å²) in [5.74, 6) is 0. The van der Waals surface area contributed by atoms with E-state index in [2.05, 4.69) is 50.8 Å². The molecule has 0 aliphatic rings. The quantitative estimate of drug-likeness (QED) is 0.519. The van der Waals surface area contributed by atoms with Crippen molar-refractivity contribution in [2.75, 3.05) is 0 Å². The first-order chi connectivity index (χ1) is 9.84. The fourth-order valence-electron chi connectivity index (χ4n) is 2.71. The largest absolute Gasteiger partial charge is 0.284 e. The molecule has 0 saturated heterocycles. The van der Waals surface area contributed by atoms with Gasteiger partial charge in [0.05, 0.1) is 5.52 Å². The summed E-state index contributed by atoms with van der Waals surface area (Å²) in [5.41, 5.74) is 5.54. The molecular weight excluding hydrogens is 246 g/mol. The minimum Gasteiger partial charge on any atom is -0.284 e. The van der Waals surface area contributed by atoms with Crippen LogP contribution in [-0.4, -0.2) is 14.4 Å². The van der Waals surface area contributed by atoms with Crippen LogP contribution in [-0.2, 0) is 0 Å². The van der Waals surface area contributed by atoms with Gasteiger partial charge in [0.1, 0.15) is 12.0 Å². The van der Waals surface area contributed by atoms with E-state index >= 15 is 0 Å². The van der Waals surface area contributed by atoms with Crippen molar-refractivity contribution in [3.05, 3.63) is 66.7 Å². The maximum atomic E-state index is 4.51. The number of benzene rings is 1. The van der Waals surface area contributed by atoms with Gasteiger partial charge in [-0.2, -0.15) is 0 Å². The van der Waals surface area contributed by atoms with E-state index in [0.29, 0.717) is 0 Å². The van der Waals surface area contributed by atoms with Gasteiger partial charge in [-0.3, -0.25) is 4.40 Å². The molecule has 0 bridgehead atoms. The Kier molecular flexibility index (Phi) is 2.33. The van der Waals surface area contributed by atoms with E-state index in [-0.39, 0.29) is 0 Å². The van der Waals surface area contributed by atoms with Gasteiger partial charge >= 0.3 is 0 Å². The van der Waals surface area contributed by atoms with E-state index in [9.17, 15) is 0 Å². The van der Waals surface area contributed by atoms with Gasteiger partial charge < -0.3 is 0 Å². The third kappa shape index (κ3) is 1.53. The molecule has 0 unspecified atom stereocenters. The molecule has 96 valence electrons. The molecule has 3 nitrogen and oxygen atoms in total. The molecule has 3 heterocycles. The molecule has 0 saturated carbocycles. The van der Waals surface area contributed by atoms with Crippen LogP contribution in [0.4, 0.5) is 0 Å². The number of rotatable bonds is 1. The van der Waals surface area contributed by atoms with Crippen LogP contribution >= 0.6 is 0 Å². The third-order valence-corrected chi connectivity index (χ3v) is 3.58. The highest BCUT2D eigenvalue weighted by atomic mass is 15.0.